The van der Waals surface area contributed by atoms with Crippen molar-refractivity contribution in [3.8, 4) is 0 Å². The number of carbonyl (C=O) groups excluding carboxylic acids is 1. The molecule has 2 aromatic carbocycles. The molecule has 0 radical (unpaired) electrons. The molecule has 0 saturated heterocycles. The van der Waals surface area contributed by atoms with Crippen LogP contribution in [0.5, 0.6) is 0 Å². The summed E-state index contributed by atoms with van der Waals surface area (Å²) in [5.74, 6) is -0.470. The Kier molecular flexibility index (Phi) is 4.88. The first kappa shape index (κ1) is 16.8. The minimum Gasteiger partial charge on any atom is -0.337 e. The minimum absolute atomic E-state index is 0.0178. The van der Waals surface area contributed by atoms with Gasteiger partial charge >= 0.3 is 0 Å². The van der Waals surface area contributed by atoms with Gasteiger partial charge in [-0.1, -0.05) is 24.3 Å². The van der Waals surface area contributed by atoms with E-state index in [2.05, 4.69) is 5.10 Å². The minimum atomic E-state index is -0.325. The van der Waals surface area contributed by atoms with E-state index in [1.807, 2.05) is 6.92 Å². The molecule has 25 heavy (non-hydrogen) atoms. The average molecular weight is 339 g/mol. The van der Waals surface area contributed by atoms with Gasteiger partial charge in [0, 0.05) is 18.5 Å². The fraction of sp³-hybridized carbons (Fsp3) is 0.211. The van der Waals surface area contributed by atoms with Gasteiger partial charge in [-0.05, 0) is 36.8 Å². The predicted molar refractivity (Wildman–Crippen MR) is 93.5 cm³/mol. The van der Waals surface area contributed by atoms with Crippen molar-refractivity contribution in [2.24, 2.45) is 0 Å². The molecule has 0 aliphatic heterocycles. The molecule has 3 rings (SSSR count). The molecule has 0 aliphatic carbocycles. The van der Waals surface area contributed by atoms with Crippen molar-refractivity contribution in [3.63, 3.8) is 0 Å². The summed E-state index contributed by atoms with van der Waals surface area (Å²) in [6, 6.07) is 13.3. The normalized spacial score (nSPS) is 10.8. The molecule has 5 nitrogen and oxygen atoms in total. The Bertz CT molecular complexity index is 968. The molecule has 0 aliphatic rings. The Morgan fingerprint density at radius 2 is 2.00 bits per heavy atom. The van der Waals surface area contributed by atoms with Crippen LogP contribution in [0.3, 0.4) is 0 Å². The van der Waals surface area contributed by atoms with Crippen molar-refractivity contribution in [1.82, 2.24) is 14.7 Å². The largest absolute Gasteiger partial charge is 0.337 e. The van der Waals surface area contributed by atoms with Crippen molar-refractivity contribution in [3.05, 3.63) is 76.3 Å². The lowest BCUT2D eigenvalue weighted by molar-refractivity contribution is -0.132. The van der Waals surface area contributed by atoms with E-state index in [4.69, 9.17) is 0 Å². The van der Waals surface area contributed by atoms with E-state index in [0.717, 1.165) is 5.56 Å². The highest BCUT2D eigenvalue weighted by atomic mass is 19.1. The molecular formula is C19H18FN3O2. The number of nitrogens with zero attached hydrogens (tertiary/aromatic N) is 3. The molecular weight excluding hydrogens is 321 g/mol. The van der Waals surface area contributed by atoms with E-state index in [9.17, 15) is 14.0 Å². The van der Waals surface area contributed by atoms with Gasteiger partial charge in [-0.25, -0.2) is 4.39 Å². The maximum absolute atomic E-state index is 13.3. The molecule has 0 fully saturated rings. The molecule has 0 bridgehead atoms. The lowest BCUT2D eigenvalue weighted by Crippen LogP contribution is -2.34. The van der Waals surface area contributed by atoms with Crippen LogP contribution in [0.15, 0.2) is 59.5 Å². The Labute approximate surface area is 144 Å². The topological polar surface area (TPSA) is 55.2 Å². The van der Waals surface area contributed by atoms with E-state index in [1.54, 1.807) is 41.3 Å². The number of rotatable bonds is 5. The van der Waals surface area contributed by atoms with Crippen molar-refractivity contribution in [1.29, 1.82) is 0 Å². The summed E-state index contributed by atoms with van der Waals surface area (Å²) in [5.41, 5.74) is 1.17. The van der Waals surface area contributed by atoms with Gasteiger partial charge < -0.3 is 4.90 Å². The summed E-state index contributed by atoms with van der Waals surface area (Å²) in [4.78, 5) is 26.2. The van der Waals surface area contributed by atoms with Gasteiger partial charge in [-0.3, -0.25) is 14.3 Å². The maximum atomic E-state index is 13.3. The van der Waals surface area contributed by atoms with Gasteiger partial charge in [-0.15, -0.1) is 0 Å². The quantitative estimate of drug-likeness (QED) is 0.718. The van der Waals surface area contributed by atoms with Crippen LogP contribution in [0, 0.1) is 5.82 Å². The Hall–Kier alpha value is -3.02. The summed E-state index contributed by atoms with van der Waals surface area (Å²) in [7, 11) is 0. The zero-order chi connectivity index (χ0) is 17.8. The second kappa shape index (κ2) is 7.25. The summed E-state index contributed by atoms with van der Waals surface area (Å²) in [6.07, 6.45) is 1.22. The van der Waals surface area contributed by atoms with E-state index >= 15 is 0 Å². The van der Waals surface area contributed by atoms with E-state index < -0.39 is 0 Å². The van der Waals surface area contributed by atoms with Crippen molar-refractivity contribution < 1.29 is 9.18 Å². The highest BCUT2D eigenvalue weighted by Crippen LogP contribution is 2.11. The van der Waals surface area contributed by atoms with Gasteiger partial charge in [-0.2, -0.15) is 5.10 Å². The lowest BCUT2D eigenvalue weighted by Gasteiger charge is -2.22. The summed E-state index contributed by atoms with van der Waals surface area (Å²) in [5, 5.41) is 4.61. The smallest absolute Gasteiger partial charge is 0.244 e. The predicted octanol–water partition coefficient (Wildman–Crippen LogP) is 2.58. The van der Waals surface area contributed by atoms with Crippen molar-refractivity contribution >= 4 is 16.8 Å². The fourth-order valence-electron chi connectivity index (χ4n) is 2.75. The molecule has 1 aromatic heterocycles. The first-order valence-electron chi connectivity index (χ1n) is 8.05. The zero-order valence-corrected chi connectivity index (χ0v) is 13.9. The third-order valence-electron chi connectivity index (χ3n) is 4.04. The number of carbonyl (C=O) groups is 1. The highest BCUT2D eigenvalue weighted by molar-refractivity contribution is 5.81. The van der Waals surface area contributed by atoms with Crippen LogP contribution < -0.4 is 5.43 Å². The molecule has 3 aromatic rings. The van der Waals surface area contributed by atoms with Crippen LogP contribution in [0.2, 0.25) is 0 Å². The molecule has 0 atom stereocenters. The van der Waals surface area contributed by atoms with Crippen LogP contribution in [-0.4, -0.2) is 27.1 Å². The number of halogens is 1. The molecule has 6 heteroatoms. The molecule has 0 unspecified atom stereocenters. The second-order valence-corrected chi connectivity index (χ2v) is 5.72. The van der Waals surface area contributed by atoms with Crippen molar-refractivity contribution in [2.45, 2.75) is 20.0 Å². The zero-order valence-electron chi connectivity index (χ0n) is 13.9. The lowest BCUT2D eigenvalue weighted by atomic mass is 10.2. The third-order valence-corrected chi connectivity index (χ3v) is 4.04. The van der Waals surface area contributed by atoms with Crippen LogP contribution in [-0.2, 0) is 17.9 Å². The first-order valence-corrected chi connectivity index (χ1v) is 8.05. The number of aromatic nitrogens is 2. The van der Waals surface area contributed by atoms with Gasteiger partial charge in [0.1, 0.15) is 12.4 Å². The van der Waals surface area contributed by atoms with E-state index in [-0.39, 0.29) is 23.7 Å². The first-order chi connectivity index (χ1) is 12.1. The Morgan fingerprint density at radius 3 is 2.76 bits per heavy atom. The molecule has 0 N–H and O–H groups in total. The summed E-state index contributed by atoms with van der Waals surface area (Å²) in [6.45, 7) is 2.71. The number of fused-ring (bicyclic) bond motifs is 1. The van der Waals surface area contributed by atoms with Gasteiger partial charge in [0.2, 0.25) is 11.3 Å². The van der Waals surface area contributed by atoms with Crippen LogP contribution in [0.1, 0.15) is 12.5 Å². The summed E-state index contributed by atoms with van der Waals surface area (Å²) >= 11 is 0. The number of para-hydroxylation sites is 1. The molecule has 0 spiro atoms. The van der Waals surface area contributed by atoms with Crippen molar-refractivity contribution in [2.75, 3.05) is 6.54 Å². The monoisotopic (exact) mass is 339 g/mol. The van der Waals surface area contributed by atoms with Crippen LogP contribution in [0.25, 0.3) is 10.9 Å². The maximum Gasteiger partial charge on any atom is 0.244 e. The highest BCUT2D eigenvalue weighted by Gasteiger charge is 2.15. The van der Waals surface area contributed by atoms with Gasteiger partial charge in [0.25, 0.3) is 0 Å². The Balaban J connectivity index is 1.83. The number of amides is 1. The van der Waals surface area contributed by atoms with Crippen LogP contribution >= 0.6 is 0 Å². The number of benzene rings is 2. The fourth-order valence-corrected chi connectivity index (χ4v) is 2.75. The third kappa shape index (κ3) is 3.74. The van der Waals surface area contributed by atoms with Gasteiger partial charge in [0.15, 0.2) is 0 Å². The summed E-state index contributed by atoms with van der Waals surface area (Å²) < 4.78 is 14.9. The van der Waals surface area contributed by atoms with Crippen LogP contribution in [0.4, 0.5) is 4.39 Å². The number of hydrogen-bond donors (Lipinski definition) is 0. The average Bonchev–Trinajstić information content (AvgIpc) is 2.62. The molecule has 0 saturated carbocycles. The molecule has 1 heterocycles. The second-order valence-electron chi connectivity index (χ2n) is 5.72. The number of likely N-dealkylation sites (N-methyl/N-ethyl adjacent to an activating group) is 1. The SMILES string of the molecule is CCN(Cc1cccc(F)c1)C(=O)Cn1ncc(=O)c2ccccc21. The van der Waals surface area contributed by atoms with E-state index in [0.29, 0.717) is 24.0 Å². The van der Waals surface area contributed by atoms with Gasteiger partial charge in [0.05, 0.1) is 11.7 Å². The van der Waals surface area contributed by atoms with E-state index in [1.165, 1.54) is 23.0 Å². The number of hydrogen-bond acceptors (Lipinski definition) is 3. The molecule has 1 amide bonds. The molecule has 128 valence electrons. The Morgan fingerprint density at radius 1 is 1.20 bits per heavy atom. The standard InChI is InChI=1S/C19H18FN3O2/c1-2-22(12-14-6-5-7-15(20)10-14)19(25)13-23-17-9-4-3-8-16(17)18(24)11-21-23/h3-11H,2,12-13H2,1H3.